The van der Waals surface area contributed by atoms with Crippen molar-refractivity contribution in [1.29, 1.82) is 0 Å². The summed E-state index contributed by atoms with van der Waals surface area (Å²) in [6.07, 6.45) is 6.82. The van der Waals surface area contributed by atoms with Crippen LogP contribution in [0.2, 0.25) is 0 Å². The van der Waals surface area contributed by atoms with Crippen molar-refractivity contribution in [2.45, 2.75) is 32.6 Å². The quantitative estimate of drug-likeness (QED) is 0.622. The highest BCUT2D eigenvalue weighted by Crippen LogP contribution is 2.34. The Morgan fingerprint density at radius 3 is 2.42 bits per heavy atom. The number of piperidine rings is 1. The van der Waals surface area contributed by atoms with Gasteiger partial charge in [-0.2, -0.15) is 0 Å². The van der Waals surface area contributed by atoms with Crippen LogP contribution >= 0.6 is 0 Å². The van der Waals surface area contributed by atoms with Gasteiger partial charge in [0, 0.05) is 49.2 Å². The number of benzene rings is 1. The molecule has 160 valence electrons. The number of pyridine rings is 1. The molecule has 1 saturated heterocycles. The van der Waals surface area contributed by atoms with Crippen LogP contribution in [0.5, 0.6) is 11.6 Å². The van der Waals surface area contributed by atoms with Gasteiger partial charge in [0.2, 0.25) is 11.8 Å². The molecule has 3 heterocycles. The van der Waals surface area contributed by atoms with Crippen LogP contribution in [0.1, 0.15) is 38.3 Å². The summed E-state index contributed by atoms with van der Waals surface area (Å²) in [4.78, 5) is 27.5. The highest BCUT2D eigenvalue weighted by Gasteiger charge is 2.28. The number of nitrogens with zero attached hydrogens (tertiary/aromatic N) is 4. The van der Waals surface area contributed by atoms with Crippen molar-refractivity contribution in [3.63, 3.8) is 0 Å². The Kier molecular flexibility index (Phi) is 6.40. The van der Waals surface area contributed by atoms with E-state index in [0.717, 1.165) is 43.1 Å². The van der Waals surface area contributed by atoms with Gasteiger partial charge in [-0.15, -0.1) is 0 Å². The molecule has 7 heteroatoms. The standard InChI is InChI=1S/C24H27N5O2/c1-17(2)24(30)29-15-10-18(11-16-29)22-23(27-14-13-26-22)31-20-8-6-19(7-9-20)28-21-5-3-4-12-25-21/h3-9,12-14,17-18H,10-11,15-16H2,1-2H3,(H,25,28). The zero-order valence-electron chi connectivity index (χ0n) is 17.9. The fourth-order valence-electron chi connectivity index (χ4n) is 3.74. The highest BCUT2D eigenvalue weighted by molar-refractivity contribution is 5.78. The van der Waals surface area contributed by atoms with Gasteiger partial charge >= 0.3 is 0 Å². The summed E-state index contributed by atoms with van der Waals surface area (Å²) in [6.45, 7) is 5.37. The molecule has 1 amide bonds. The second-order valence-electron chi connectivity index (χ2n) is 7.97. The van der Waals surface area contributed by atoms with Crippen molar-refractivity contribution in [3.05, 3.63) is 66.7 Å². The number of carbonyl (C=O) groups excluding carboxylic acids is 1. The molecule has 1 aromatic carbocycles. The van der Waals surface area contributed by atoms with E-state index in [9.17, 15) is 4.79 Å². The van der Waals surface area contributed by atoms with E-state index in [-0.39, 0.29) is 17.7 Å². The number of amides is 1. The molecule has 0 bridgehead atoms. The maximum atomic E-state index is 12.3. The monoisotopic (exact) mass is 417 g/mol. The van der Waals surface area contributed by atoms with E-state index in [0.29, 0.717) is 11.6 Å². The minimum Gasteiger partial charge on any atom is -0.437 e. The van der Waals surface area contributed by atoms with Gasteiger partial charge in [-0.1, -0.05) is 19.9 Å². The maximum Gasteiger partial charge on any atom is 0.241 e. The van der Waals surface area contributed by atoms with Crippen molar-refractivity contribution in [1.82, 2.24) is 19.9 Å². The Balaban J connectivity index is 1.42. The zero-order valence-corrected chi connectivity index (χ0v) is 17.9. The Labute approximate surface area is 182 Å². The SMILES string of the molecule is CC(C)C(=O)N1CCC(c2nccnc2Oc2ccc(Nc3ccccn3)cc2)CC1. The maximum absolute atomic E-state index is 12.3. The minimum atomic E-state index is 0.0297. The van der Waals surface area contributed by atoms with Crippen molar-refractivity contribution >= 4 is 17.4 Å². The van der Waals surface area contributed by atoms with E-state index in [2.05, 4.69) is 20.3 Å². The summed E-state index contributed by atoms with van der Waals surface area (Å²) in [5.41, 5.74) is 1.78. The lowest BCUT2D eigenvalue weighted by Gasteiger charge is -2.33. The predicted molar refractivity (Wildman–Crippen MR) is 119 cm³/mol. The zero-order chi connectivity index (χ0) is 21.6. The molecule has 4 rings (SSSR count). The summed E-state index contributed by atoms with van der Waals surface area (Å²) in [7, 11) is 0. The highest BCUT2D eigenvalue weighted by atomic mass is 16.5. The van der Waals surface area contributed by atoms with Crippen LogP contribution in [-0.2, 0) is 4.79 Å². The third-order valence-corrected chi connectivity index (χ3v) is 5.38. The van der Waals surface area contributed by atoms with Crippen LogP contribution in [0.15, 0.2) is 61.1 Å². The number of aromatic nitrogens is 3. The van der Waals surface area contributed by atoms with Crippen LogP contribution in [0, 0.1) is 5.92 Å². The molecule has 1 N–H and O–H groups in total. The number of likely N-dealkylation sites (tertiary alicyclic amines) is 1. The number of nitrogens with one attached hydrogen (secondary N) is 1. The summed E-state index contributed by atoms with van der Waals surface area (Å²) in [5.74, 6) is 2.48. The van der Waals surface area contributed by atoms with E-state index in [1.165, 1.54) is 0 Å². The van der Waals surface area contributed by atoms with Gasteiger partial charge in [-0.05, 0) is 49.2 Å². The Bertz CT molecular complexity index is 1000. The lowest BCUT2D eigenvalue weighted by atomic mass is 9.92. The molecule has 0 saturated carbocycles. The molecule has 31 heavy (non-hydrogen) atoms. The first kappa shape index (κ1) is 20.8. The van der Waals surface area contributed by atoms with Crippen LogP contribution in [0.4, 0.5) is 11.5 Å². The van der Waals surface area contributed by atoms with Gasteiger partial charge in [0.15, 0.2) is 0 Å². The molecular formula is C24H27N5O2. The molecule has 0 radical (unpaired) electrons. The number of rotatable bonds is 6. The van der Waals surface area contributed by atoms with E-state index in [1.54, 1.807) is 18.6 Å². The normalized spacial score (nSPS) is 14.5. The van der Waals surface area contributed by atoms with Gasteiger partial charge in [-0.3, -0.25) is 9.78 Å². The summed E-state index contributed by atoms with van der Waals surface area (Å²) < 4.78 is 6.08. The van der Waals surface area contributed by atoms with E-state index >= 15 is 0 Å². The number of ether oxygens (including phenoxy) is 1. The third-order valence-electron chi connectivity index (χ3n) is 5.38. The molecule has 0 aliphatic carbocycles. The Morgan fingerprint density at radius 1 is 1.00 bits per heavy atom. The van der Waals surface area contributed by atoms with Gasteiger partial charge < -0.3 is 15.0 Å². The van der Waals surface area contributed by atoms with Crippen LogP contribution in [0.3, 0.4) is 0 Å². The van der Waals surface area contributed by atoms with Gasteiger partial charge in [-0.25, -0.2) is 9.97 Å². The van der Waals surface area contributed by atoms with E-state index in [1.807, 2.05) is 61.2 Å². The summed E-state index contributed by atoms with van der Waals surface area (Å²) in [6, 6.07) is 13.4. The number of hydrogen-bond donors (Lipinski definition) is 1. The van der Waals surface area contributed by atoms with Gasteiger partial charge in [0.25, 0.3) is 0 Å². The van der Waals surface area contributed by atoms with E-state index in [4.69, 9.17) is 4.74 Å². The number of hydrogen-bond acceptors (Lipinski definition) is 6. The number of anilines is 2. The molecule has 7 nitrogen and oxygen atoms in total. The minimum absolute atomic E-state index is 0.0297. The molecule has 1 aliphatic rings. The third kappa shape index (κ3) is 5.17. The number of carbonyl (C=O) groups is 1. The molecule has 0 spiro atoms. The molecule has 3 aromatic rings. The first-order chi connectivity index (χ1) is 15.1. The smallest absolute Gasteiger partial charge is 0.241 e. The molecule has 0 unspecified atom stereocenters. The fraction of sp³-hybridized carbons (Fsp3) is 0.333. The lowest BCUT2D eigenvalue weighted by molar-refractivity contribution is -0.135. The lowest BCUT2D eigenvalue weighted by Crippen LogP contribution is -2.40. The van der Waals surface area contributed by atoms with Gasteiger partial charge in [0.1, 0.15) is 17.3 Å². The Hall–Kier alpha value is -3.48. The van der Waals surface area contributed by atoms with Crippen molar-refractivity contribution in [2.75, 3.05) is 18.4 Å². The summed E-state index contributed by atoms with van der Waals surface area (Å²) >= 11 is 0. The van der Waals surface area contributed by atoms with Gasteiger partial charge in [0.05, 0.1) is 0 Å². The first-order valence-corrected chi connectivity index (χ1v) is 10.7. The Morgan fingerprint density at radius 2 is 1.74 bits per heavy atom. The molecule has 0 atom stereocenters. The molecule has 1 aliphatic heterocycles. The molecular weight excluding hydrogens is 390 g/mol. The van der Waals surface area contributed by atoms with Crippen molar-refractivity contribution < 1.29 is 9.53 Å². The van der Waals surface area contributed by atoms with E-state index < -0.39 is 0 Å². The second kappa shape index (κ2) is 9.55. The predicted octanol–water partition coefficient (Wildman–Crippen LogP) is 4.77. The molecule has 1 fully saturated rings. The largest absolute Gasteiger partial charge is 0.437 e. The summed E-state index contributed by atoms with van der Waals surface area (Å²) in [5, 5.41) is 3.25. The van der Waals surface area contributed by atoms with Crippen LogP contribution in [-0.4, -0.2) is 38.8 Å². The molecule has 2 aromatic heterocycles. The average molecular weight is 418 g/mol. The first-order valence-electron chi connectivity index (χ1n) is 10.7. The van der Waals surface area contributed by atoms with Crippen molar-refractivity contribution in [2.24, 2.45) is 5.92 Å². The van der Waals surface area contributed by atoms with Crippen LogP contribution in [0.25, 0.3) is 0 Å². The second-order valence-corrected chi connectivity index (χ2v) is 7.97. The van der Waals surface area contributed by atoms with Crippen LogP contribution < -0.4 is 10.1 Å². The fourth-order valence-corrected chi connectivity index (χ4v) is 3.74. The van der Waals surface area contributed by atoms with Crippen molar-refractivity contribution in [3.8, 4) is 11.6 Å². The topological polar surface area (TPSA) is 80.2 Å². The average Bonchev–Trinajstić information content (AvgIpc) is 2.81.